The second-order valence-corrected chi connectivity index (χ2v) is 2.91. The normalized spacial score (nSPS) is 29.3. The van der Waals surface area contributed by atoms with Crippen LogP contribution in [0.5, 0.6) is 0 Å². The Morgan fingerprint density at radius 3 is 2.00 bits per heavy atom. The summed E-state index contributed by atoms with van der Waals surface area (Å²) in [5, 5.41) is 9.00. The third-order valence-corrected chi connectivity index (χ3v) is 2.06. The topological polar surface area (TPSA) is 20.2 Å². The van der Waals surface area contributed by atoms with Gasteiger partial charge in [-0.3, -0.25) is 0 Å². The van der Waals surface area contributed by atoms with Crippen molar-refractivity contribution in [2.75, 3.05) is 5.75 Å². The van der Waals surface area contributed by atoms with E-state index in [-0.39, 0.29) is 5.75 Å². The molecule has 0 aliphatic heterocycles. The molecule has 0 spiro atoms. The predicted octanol–water partition coefficient (Wildman–Crippen LogP) is 1.08. The van der Waals surface area contributed by atoms with Gasteiger partial charge in [0.05, 0.1) is 5.60 Å². The summed E-state index contributed by atoms with van der Waals surface area (Å²) < 4.78 is 24.1. The van der Waals surface area contributed by atoms with Crippen molar-refractivity contribution in [3.63, 3.8) is 0 Å². The molecular weight excluding hydrogens is 146 g/mol. The Hall–Kier alpha value is 0.170. The van der Waals surface area contributed by atoms with Gasteiger partial charge in [0, 0.05) is 18.6 Å². The maximum Gasteiger partial charge on any atom is 0.253 e. The van der Waals surface area contributed by atoms with E-state index >= 15 is 0 Å². The van der Waals surface area contributed by atoms with Gasteiger partial charge in [0.2, 0.25) is 0 Å². The summed E-state index contributed by atoms with van der Waals surface area (Å²) in [6.07, 6.45) is -0.854. The van der Waals surface area contributed by atoms with E-state index in [4.69, 9.17) is 5.11 Å². The van der Waals surface area contributed by atoms with Gasteiger partial charge in [0.25, 0.3) is 5.92 Å². The minimum Gasteiger partial charge on any atom is -0.389 e. The zero-order valence-corrected chi connectivity index (χ0v) is 5.67. The second-order valence-electron chi connectivity index (χ2n) is 2.59. The summed E-state index contributed by atoms with van der Waals surface area (Å²) in [6, 6.07) is 0. The van der Waals surface area contributed by atoms with E-state index in [1.165, 1.54) is 0 Å². The molecule has 0 saturated heterocycles. The van der Waals surface area contributed by atoms with Crippen molar-refractivity contribution >= 4 is 12.6 Å². The molecule has 0 unspecified atom stereocenters. The number of hydrogen-bond donors (Lipinski definition) is 2. The van der Waals surface area contributed by atoms with Crippen molar-refractivity contribution < 1.29 is 13.9 Å². The number of hydrogen-bond acceptors (Lipinski definition) is 2. The van der Waals surface area contributed by atoms with Crippen LogP contribution in [0, 0.1) is 0 Å². The Labute approximate surface area is 57.5 Å². The molecule has 1 aliphatic carbocycles. The summed E-state index contributed by atoms with van der Waals surface area (Å²) in [4.78, 5) is 0. The molecule has 9 heavy (non-hydrogen) atoms. The number of aliphatic hydroxyl groups is 1. The highest BCUT2D eigenvalue weighted by Crippen LogP contribution is 2.45. The lowest BCUT2D eigenvalue weighted by atomic mass is 9.78. The molecule has 1 nitrogen and oxygen atoms in total. The van der Waals surface area contributed by atoms with Crippen LogP contribution in [0.4, 0.5) is 8.78 Å². The van der Waals surface area contributed by atoms with Crippen molar-refractivity contribution in [3.05, 3.63) is 0 Å². The van der Waals surface area contributed by atoms with Gasteiger partial charge >= 0.3 is 0 Å². The molecule has 0 atom stereocenters. The molecule has 4 heteroatoms. The zero-order chi connectivity index (χ0) is 7.12. The van der Waals surface area contributed by atoms with Gasteiger partial charge in [-0.25, -0.2) is 8.78 Å². The Morgan fingerprint density at radius 2 is 1.89 bits per heavy atom. The lowest BCUT2D eigenvalue weighted by Crippen LogP contribution is -2.52. The number of halogens is 2. The van der Waals surface area contributed by atoms with E-state index in [1.54, 1.807) is 0 Å². The molecule has 0 aromatic heterocycles. The predicted molar refractivity (Wildman–Crippen MR) is 33.0 cm³/mol. The quantitative estimate of drug-likeness (QED) is 0.541. The number of alkyl halides is 2. The maximum atomic E-state index is 12.0. The fourth-order valence-electron chi connectivity index (χ4n) is 1.02. The molecule has 0 bridgehead atoms. The monoisotopic (exact) mass is 154 g/mol. The summed E-state index contributed by atoms with van der Waals surface area (Å²) in [5.41, 5.74) is -1.19. The summed E-state index contributed by atoms with van der Waals surface area (Å²) in [6.45, 7) is 0. The molecule has 1 saturated carbocycles. The first kappa shape index (κ1) is 7.28. The highest BCUT2D eigenvalue weighted by atomic mass is 32.1. The largest absolute Gasteiger partial charge is 0.389 e. The third kappa shape index (κ3) is 1.35. The van der Waals surface area contributed by atoms with Gasteiger partial charge in [0.15, 0.2) is 0 Å². The minimum atomic E-state index is -2.64. The Bertz CT molecular complexity index is 118. The van der Waals surface area contributed by atoms with Crippen LogP contribution in [0.25, 0.3) is 0 Å². The first-order valence-electron chi connectivity index (χ1n) is 2.69. The van der Waals surface area contributed by atoms with Gasteiger partial charge in [-0.1, -0.05) is 0 Å². The molecule has 54 valence electrons. The molecule has 0 aromatic carbocycles. The third-order valence-electron chi connectivity index (χ3n) is 1.47. The lowest BCUT2D eigenvalue weighted by molar-refractivity contribution is -0.192. The molecule has 0 amide bonds. The molecule has 1 rings (SSSR count). The van der Waals surface area contributed by atoms with Crippen LogP contribution < -0.4 is 0 Å². The van der Waals surface area contributed by atoms with E-state index in [0.717, 1.165) is 0 Å². The lowest BCUT2D eigenvalue weighted by Gasteiger charge is -2.42. The van der Waals surface area contributed by atoms with Crippen molar-refractivity contribution in [1.29, 1.82) is 0 Å². The van der Waals surface area contributed by atoms with Crippen molar-refractivity contribution in [2.45, 2.75) is 24.4 Å². The van der Waals surface area contributed by atoms with Crippen molar-refractivity contribution in [1.82, 2.24) is 0 Å². The molecule has 1 fully saturated rings. The fraction of sp³-hybridized carbons (Fsp3) is 1.00. The van der Waals surface area contributed by atoms with Gasteiger partial charge in [-0.05, 0) is 0 Å². The van der Waals surface area contributed by atoms with Crippen LogP contribution >= 0.6 is 12.6 Å². The molecule has 1 aliphatic rings. The molecule has 0 aromatic rings. The second kappa shape index (κ2) is 1.83. The highest BCUT2D eigenvalue weighted by Gasteiger charge is 2.54. The molecule has 0 heterocycles. The smallest absolute Gasteiger partial charge is 0.253 e. The standard InChI is InChI=1S/C5H8F2OS/c6-5(7)1-4(8,2-5)3-9/h8-9H,1-3H2. The van der Waals surface area contributed by atoms with Crippen LogP contribution in [0.3, 0.4) is 0 Å². The Morgan fingerprint density at radius 1 is 1.44 bits per heavy atom. The van der Waals surface area contributed by atoms with Gasteiger partial charge < -0.3 is 5.11 Å². The average molecular weight is 154 g/mol. The van der Waals surface area contributed by atoms with Crippen LogP contribution in [-0.2, 0) is 0 Å². The molecule has 1 N–H and O–H groups in total. The molecule has 0 radical (unpaired) electrons. The molecular formula is C5H8F2OS. The number of thiol groups is 1. The Kier molecular flexibility index (Phi) is 1.48. The van der Waals surface area contributed by atoms with E-state index in [2.05, 4.69) is 12.6 Å². The van der Waals surface area contributed by atoms with Gasteiger partial charge in [0.1, 0.15) is 0 Å². The SMILES string of the molecule is OC1(CS)CC(F)(F)C1. The summed E-state index contributed by atoms with van der Waals surface area (Å²) >= 11 is 3.73. The summed E-state index contributed by atoms with van der Waals surface area (Å²) in [7, 11) is 0. The average Bonchev–Trinajstić information content (AvgIpc) is 1.61. The van der Waals surface area contributed by atoms with Crippen LogP contribution in [0.15, 0.2) is 0 Å². The maximum absolute atomic E-state index is 12.0. The van der Waals surface area contributed by atoms with Crippen LogP contribution in [0.2, 0.25) is 0 Å². The van der Waals surface area contributed by atoms with Gasteiger partial charge in [-0.15, -0.1) is 0 Å². The first-order chi connectivity index (χ1) is 3.97. The van der Waals surface area contributed by atoms with Crippen LogP contribution in [0.1, 0.15) is 12.8 Å². The fourth-order valence-corrected chi connectivity index (χ4v) is 1.25. The zero-order valence-electron chi connectivity index (χ0n) is 4.77. The van der Waals surface area contributed by atoms with E-state index in [0.29, 0.717) is 0 Å². The van der Waals surface area contributed by atoms with E-state index in [9.17, 15) is 8.78 Å². The van der Waals surface area contributed by atoms with Crippen molar-refractivity contribution in [2.24, 2.45) is 0 Å². The number of rotatable bonds is 1. The van der Waals surface area contributed by atoms with Crippen molar-refractivity contribution in [3.8, 4) is 0 Å². The van der Waals surface area contributed by atoms with Crippen LogP contribution in [-0.4, -0.2) is 22.4 Å². The van der Waals surface area contributed by atoms with E-state index in [1.807, 2.05) is 0 Å². The minimum absolute atomic E-state index is 0.128. The highest BCUT2D eigenvalue weighted by molar-refractivity contribution is 7.80. The van der Waals surface area contributed by atoms with Gasteiger partial charge in [-0.2, -0.15) is 12.6 Å². The Balaban J connectivity index is 2.41. The summed E-state index contributed by atoms with van der Waals surface area (Å²) in [5.74, 6) is -2.51. The first-order valence-corrected chi connectivity index (χ1v) is 3.32. The van der Waals surface area contributed by atoms with E-state index < -0.39 is 24.4 Å².